The number of carboxylic acid groups (broad SMARTS) is 1. The van der Waals surface area contributed by atoms with Gasteiger partial charge in [0.15, 0.2) is 5.69 Å². The number of carbonyl (C=O) groups is 2. The van der Waals surface area contributed by atoms with E-state index in [9.17, 15) is 9.59 Å². The van der Waals surface area contributed by atoms with Gasteiger partial charge in [0, 0.05) is 5.69 Å². The molecule has 2 N–H and O–H groups in total. The van der Waals surface area contributed by atoms with Crippen molar-refractivity contribution < 1.29 is 14.7 Å². The molecule has 25 heavy (non-hydrogen) atoms. The summed E-state index contributed by atoms with van der Waals surface area (Å²) in [7, 11) is 0. The third kappa shape index (κ3) is 3.72. The number of hydrogen-bond donors (Lipinski definition) is 2. The third-order valence-electron chi connectivity index (χ3n) is 3.68. The summed E-state index contributed by atoms with van der Waals surface area (Å²) in [6.45, 7) is 1.76. The van der Waals surface area contributed by atoms with Gasteiger partial charge < -0.3 is 10.4 Å². The summed E-state index contributed by atoms with van der Waals surface area (Å²) in [6.07, 6.45) is -0.0403. The SMILES string of the molecule is Cc1c(C(=O)Nc2ccccc2)nnn1-c1ccc(CC(=O)O)cc1. The normalized spacial score (nSPS) is 10.4. The summed E-state index contributed by atoms with van der Waals surface area (Å²) in [5.74, 6) is -1.22. The Bertz CT molecular complexity index is 902. The number of anilines is 1. The predicted molar refractivity (Wildman–Crippen MR) is 91.8 cm³/mol. The number of aromatic nitrogens is 3. The molecule has 0 aliphatic carbocycles. The number of benzene rings is 2. The van der Waals surface area contributed by atoms with Gasteiger partial charge in [-0.05, 0) is 36.8 Å². The molecule has 1 aromatic heterocycles. The average molecular weight is 336 g/mol. The fourth-order valence-electron chi connectivity index (χ4n) is 2.43. The Morgan fingerprint density at radius 3 is 2.40 bits per heavy atom. The number of hydrogen-bond acceptors (Lipinski definition) is 4. The van der Waals surface area contributed by atoms with E-state index >= 15 is 0 Å². The van der Waals surface area contributed by atoms with Crippen molar-refractivity contribution in [2.24, 2.45) is 0 Å². The Labute approximate surface area is 143 Å². The molecule has 1 amide bonds. The highest BCUT2D eigenvalue weighted by Crippen LogP contribution is 2.15. The molecule has 126 valence electrons. The summed E-state index contributed by atoms with van der Waals surface area (Å²) in [5.41, 5.74) is 2.91. The predicted octanol–water partition coefficient (Wildman–Crippen LogP) is 2.46. The second-order valence-electron chi connectivity index (χ2n) is 5.49. The second-order valence-corrected chi connectivity index (χ2v) is 5.49. The molecule has 1 heterocycles. The lowest BCUT2D eigenvalue weighted by atomic mass is 10.1. The molecule has 7 nitrogen and oxygen atoms in total. The molecule has 0 unspecified atom stereocenters. The topological polar surface area (TPSA) is 97.1 Å². The van der Waals surface area contributed by atoms with Crippen LogP contribution in [0.2, 0.25) is 0 Å². The van der Waals surface area contributed by atoms with Crippen LogP contribution in [0.15, 0.2) is 54.6 Å². The lowest BCUT2D eigenvalue weighted by Crippen LogP contribution is -2.14. The molecular weight excluding hydrogens is 320 g/mol. The van der Waals surface area contributed by atoms with E-state index in [1.54, 1.807) is 48.0 Å². The van der Waals surface area contributed by atoms with Crippen molar-refractivity contribution in [2.75, 3.05) is 5.32 Å². The van der Waals surface area contributed by atoms with E-state index in [1.807, 2.05) is 18.2 Å². The maximum Gasteiger partial charge on any atom is 0.307 e. The van der Waals surface area contributed by atoms with Crippen LogP contribution >= 0.6 is 0 Å². The van der Waals surface area contributed by atoms with Gasteiger partial charge in [-0.25, -0.2) is 4.68 Å². The van der Waals surface area contributed by atoms with Crippen LogP contribution < -0.4 is 5.32 Å². The zero-order chi connectivity index (χ0) is 17.8. The maximum absolute atomic E-state index is 12.4. The molecule has 0 saturated carbocycles. The van der Waals surface area contributed by atoms with Crippen LogP contribution in [0, 0.1) is 6.92 Å². The minimum Gasteiger partial charge on any atom is -0.481 e. The van der Waals surface area contributed by atoms with Gasteiger partial charge in [-0.3, -0.25) is 9.59 Å². The summed E-state index contributed by atoms with van der Waals surface area (Å²) >= 11 is 0. The molecule has 0 saturated heterocycles. The number of amides is 1. The first kappa shape index (κ1) is 16.4. The first-order chi connectivity index (χ1) is 12.0. The van der Waals surface area contributed by atoms with Gasteiger partial charge in [0.05, 0.1) is 17.8 Å². The molecule has 0 aliphatic rings. The van der Waals surface area contributed by atoms with E-state index in [2.05, 4.69) is 15.6 Å². The Morgan fingerprint density at radius 2 is 1.76 bits per heavy atom. The lowest BCUT2D eigenvalue weighted by molar-refractivity contribution is -0.136. The van der Waals surface area contributed by atoms with Crippen molar-refractivity contribution in [3.8, 4) is 5.69 Å². The van der Waals surface area contributed by atoms with Crippen LogP contribution in [0.4, 0.5) is 5.69 Å². The number of aliphatic carboxylic acids is 1. The van der Waals surface area contributed by atoms with Crippen LogP contribution in [0.1, 0.15) is 21.7 Å². The molecule has 7 heteroatoms. The van der Waals surface area contributed by atoms with Crippen molar-refractivity contribution in [1.82, 2.24) is 15.0 Å². The monoisotopic (exact) mass is 336 g/mol. The number of nitrogens with one attached hydrogen (secondary N) is 1. The minimum absolute atomic E-state index is 0.0403. The van der Waals surface area contributed by atoms with Gasteiger partial charge in [0.1, 0.15) is 0 Å². The highest BCUT2D eigenvalue weighted by atomic mass is 16.4. The molecule has 0 bridgehead atoms. The smallest absolute Gasteiger partial charge is 0.307 e. The standard InChI is InChI=1S/C18H16N4O3/c1-12-17(18(25)19-14-5-3-2-4-6-14)20-21-22(12)15-9-7-13(8-10-15)11-16(23)24/h2-10H,11H2,1H3,(H,19,25)(H,23,24). The number of nitrogens with zero attached hydrogens (tertiary/aromatic N) is 3. The van der Waals surface area contributed by atoms with Crippen molar-refractivity contribution >= 4 is 17.6 Å². The van der Waals surface area contributed by atoms with Gasteiger partial charge in [-0.15, -0.1) is 5.10 Å². The number of rotatable bonds is 5. The first-order valence-corrected chi connectivity index (χ1v) is 7.64. The third-order valence-corrected chi connectivity index (χ3v) is 3.68. The molecule has 3 aromatic rings. The minimum atomic E-state index is -0.885. The van der Waals surface area contributed by atoms with Crippen LogP contribution in [-0.2, 0) is 11.2 Å². The van der Waals surface area contributed by atoms with E-state index in [4.69, 9.17) is 5.11 Å². The maximum atomic E-state index is 12.4. The number of carbonyl (C=O) groups excluding carboxylic acids is 1. The summed E-state index contributed by atoms with van der Waals surface area (Å²) in [5, 5.41) is 19.6. The molecule has 0 fully saturated rings. The van der Waals surface area contributed by atoms with Gasteiger partial charge in [0.2, 0.25) is 0 Å². The quantitative estimate of drug-likeness (QED) is 0.746. The first-order valence-electron chi connectivity index (χ1n) is 7.64. The van der Waals surface area contributed by atoms with Crippen LogP contribution in [-0.4, -0.2) is 32.0 Å². The van der Waals surface area contributed by atoms with Gasteiger partial charge in [-0.2, -0.15) is 0 Å². The van der Waals surface area contributed by atoms with Crippen molar-refractivity contribution in [3.05, 3.63) is 71.5 Å². The number of carboxylic acids is 1. The van der Waals surface area contributed by atoms with E-state index in [0.717, 1.165) is 0 Å². The average Bonchev–Trinajstić information content (AvgIpc) is 2.98. The summed E-state index contributed by atoms with van der Waals surface area (Å²) < 4.78 is 1.55. The van der Waals surface area contributed by atoms with E-state index < -0.39 is 5.97 Å². The fraction of sp³-hybridized carbons (Fsp3) is 0.111. The van der Waals surface area contributed by atoms with E-state index in [-0.39, 0.29) is 18.0 Å². The zero-order valence-corrected chi connectivity index (χ0v) is 13.5. The van der Waals surface area contributed by atoms with E-state index in [0.29, 0.717) is 22.6 Å². The van der Waals surface area contributed by atoms with Crippen LogP contribution in [0.5, 0.6) is 0 Å². The molecule has 0 atom stereocenters. The summed E-state index contributed by atoms with van der Waals surface area (Å²) in [4.78, 5) is 23.1. The molecule has 3 rings (SSSR count). The molecular formula is C18H16N4O3. The van der Waals surface area contributed by atoms with Crippen LogP contribution in [0.3, 0.4) is 0 Å². The zero-order valence-electron chi connectivity index (χ0n) is 13.5. The van der Waals surface area contributed by atoms with Gasteiger partial charge in [0.25, 0.3) is 5.91 Å². The lowest BCUT2D eigenvalue weighted by Gasteiger charge is -2.06. The van der Waals surface area contributed by atoms with E-state index in [1.165, 1.54) is 0 Å². The summed E-state index contributed by atoms with van der Waals surface area (Å²) in [6, 6.07) is 16.0. The molecule has 0 radical (unpaired) electrons. The van der Waals surface area contributed by atoms with Crippen molar-refractivity contribution in [2.45, 2.75) is 13.3 Å². The number of para-hydroxylation sites is 1. The Kier molecular flexibility index (Phi) is 4.56. The van der Waals surface area contributed by atoms with Gasteiger partial charge in [-0.1, -0.05) is 35.5 Å². The molecule has 2 aromatic carbocycles. The highest BCUT2D eigenvalue weighted by Gasteiger charge is 2.17. The Hall–Kier alpha value is -3.48. The Balaban J connectivity index is 1.81. The van der Waals surface area contributed by atoms with Gasteiger partial charge >= 0.3 is 5.97 Å². The second kappa shape index (κ2) is 6.96. The highest BCUT2D eigenvalue weighted by molar-refractivity contribution is 6.03. The molecule has 0 aliphatic heterocycles. The molecule has 0 spiro atoms. The Morgan fingerprint density at radius 1 is 1.08 bits per heavy atom. The van der Waals surface area contributed by atoms with Crippen LogP contribution in [0.25, 0.3) is 5.69 Å². The van der Waals surface area contributed by atoms with Crippen molar-refractivity contribution in [3.63, 3.8) is 0 Å². The van der Waals surface area contributed by atoms with Crippen molar-refractivity contribution in [1.29, 1.82) is 0 Å². The largest absolute Gasteiger partial charge is 0.481 e. The fourth-order valence-corrected chi connectivity index (χ4v) is 2.43.